The summed E-state index contributed by atoms with van der Waals surface area (Å²) in [7, 11) is 2.25. The molecule has 0 aliphatic rings. The van der Waals surface area contributed by atoms with E-state index in [0.29, 0.717) is 6.10 Å². The van der Waals surface area contributed by atoms with Crippen molar-refractivity contribution in [2.45, 2.75) is 58.4 Å². The molecule has 0 amide bonds. The molecule has 1 nitrogen and oxygen atoms in total. The molecule has 0 N–H and O–H groups in total. The van der Waals surface area contributed by atoms with Crippen molar-refractivity contribution in [3.8, 4) is 0 Å². The topological polar surface area (TPSA) is 9.23 Å². The molecule has 0 saturated heterocycles. The predicted octanol–water partition coefficient (Wildman–Crippen LogP) is 2.41. The Hall–Kier alpha value is 0.0249. The van der Waals surface area contributed by atoms with Crippen molar-refractivity contribution in [2.75, 3.05) is 6.61 Å². The standard InChI is InChI=1S/C10H23BO/c1-10(2)12-9-7-5-3-4-6-8-11/h10H,3-9,11H2,1-2H3. The Morgan fingerprint density at radius 3 is 2.17 bits per heavy atom. The Morgan fingerprint density at radius 1 is 1.00 bits per heavy atom. The fourth-order valence-electron chi connectivity index (χ4n) is 1.20. The molecule has 0 aliphatic heterocycles. The first-order valence-corrected chi connectivity index (χ1v) is 5.39. The molecule has 0 saturated carbocycles. The predicted molar refractivity (Wildman–Crippen MR) is 57.5 cm³/mol. The summed E-state index contributed by atoms with van der Waals surface area (Å²) in [5.74, 6) is 0. The lowest BCUT2D eigenvalue weighted by atomic mass is 9.99. The van der Waals surface area contributed by atoms with Crippen molar-refractivity contribution in [3.63, 3.8) is 0 Å². The van der Waals surface area contributed by atoms with Gasteiger partial charge >= 0.3 is 0 Å². The van der Waals surface area contributed by atoms with Gasteiger partial charge in [-0.1, -0.05) is 32.0 Å². The van der Waals surface area contributed by atoms with E-state index in [0.717, 1.165) is 6.61 Å². The average molecular weight is 170 g/mol. The van der Waals surface area contributed by atoms with Gasteiger partial charge in [-0.15, -0.1) is 0 Å². The maximum Gasteiger partial charge on any atom is 0.101 e. The van der Waals surface area contributed by atoms with Crippen LogP contribution in [0, 0.1) is 0 Å². The average Bonchev–Trinajstić information content (AvgIpc) is 2.02. The Bertz CT molecular complexity index is 83.9. The van der Waals surface area contributed by atoms with Crippen molar-refractivity contribution in [1.82, 2.24) is 0 Å². The molecule has 0 fully saturated rings. The van der Waals surface area contributed by atoms with E-state index >= 15 is 0 Å². The molecule has 0 unspecified atom stereocenters. The summed E-state index contributed by atoms with van der Waals surface area (Å²) in [5, 5.41) is 0. The second-order valence-corrected chi connectivity index (χ2v) is 3.69. The third kappa shape index (κ3) is 10.0. The molecule has 0 bridgehead atoms. The molecule has 0 aromatic heterocycles. The van der Waals surface area contributed by atoms with Crippen LogP contribution >= 0.6 is 0 Å². The minimum Gasteiger partial charge on any atom is -0.379 e. The van der Waals surface area contributed by atoms with Gasteiger partial charge in [0.2, 0.25) is 0 Å². The van der Waals surface area contributed by atoms with Crippen LogP contribution in [0.1, 0.15) is 46.0 Å². The molecule has 0 spiro atoms. The zero-order chi connectivity index (χ0) is 9.23. The van der Waals surface area contributed by atoms with E-state index < -0.39 is 0 Å². The Balaban J connectivity index is 2.82. The molecule has 0 radical (unpaired) electrons. The van der Waals surface area contributed by atoms with Crippen LogP contribution in [-0.2, 0) is 4.74 Å². The van der Waals surface area contributed by atoms with Crippen LogP contribution in [0.5, 0.6) is 0 Å². The molecule has 0 heterocycles. The highest BCUT2D eigenvalue weighted by molar-refractivity contribution is 6.08. The molecule has 2 heteroatoms. The van der Waals surface area contributed by atoms with E-state index in [-0.39, 0.29) is 0 Å². The third-order valence-electron chi connectivity index (χ3n) is 1.95. The maximum absolute atomic E-state index is 5.45. The second-order valence-electron chi connectivity index (χ2n) is 3.69. The monoisotopic (exact) mass is 170 g/mol. The summed E-state index contributed by atoms with van der Waals surface area (Å²) < 4.78 is 5.45. The summed E-state index contributed by atoms with van der Waals surface area (Å²) >= 11 is 0. The minimum atomic E-state index is 0.403. The van der Waals surface area contributed by atoms with Crippen molar-refractivity contribution in [2.24, 2.45) is 0 Å². The van der Waals surface area contributed by atoms with Gasteiger partial charge in [0.05, 0.1) is 6.10 Å². The number of hydrogen-bond donors (Lipinski definition) is 0. The van der Waals surface area contributed by atoms with Gasteiger partial charge in [-0.05, 0) is 20.3 Å². The lowest BCUT2D eigenvalue weighted by Gasteiger charge is -2.06. The summed E-state index contributed by atoms with van der Waals surface area (Å²) in [5.41, 5.74) is 0. The van der Waals surface area contributed by atoms with Crippen LogP contribution in [0.3, 0.4) is 0 Å². The third-order valence-corrected chi connectivity index (χ3v) is 1.95. The first-order chi connectivity index (χ1) is 5.77. The van der Waals surface area contributed by atoms with Gasteiger partial charge in [0, 0.05) is 6.61 Å². The number of ether oxygens (including phenoxy) is 1. The molecule has 0 rings (SSSR count). The van der Waals surface area contributed by atoms with Gasteiger partial charge in [0.1, 0.15) is 7.85 Å². The zero-order valence-corrected chi connectivity index (χ0v) is 8.94. The van der Waals surface area contributed by atoms with E-state index in [1.165, 1.54) is 38.4 Å². The first-order valence-electron chi connectivity index (χ1n) is 5.39. The Morgan fingerprint density at radius 2 is 1.58 bits per heavy atom. The quantitative estimate of drug-likeness (QED) is 0.401. The SMILES string of the molecule is BCCCCCCCOC(C)C. The number of unbranched alkanes of at least 4 members (excludes halogenated alkanes) is 4. The van der Waals surface area contributed by atoms with E-state index in [9.17, 15) is 0 Å². The van der Waals surface area contributed by atoms with Gasteiger partial charge in [-0.25, -0.2) is 0 Å². The van der Waals surface area contributed by atoms with E-state index in [1.807, 2.05) is 0 Å². The fraction of sp³-hybridized carbons (Fsp3) is 1.00. The fourth-order valence-corrected chi connectivity index (χ4v) is 1.20. The highest BCUT2D eigenvalue weighted by Gasteiger charge is 1.93. The molecule has 0 aliphatic carbocycles. The van der Waals surface area contributed by atoms with E-state index in [2.05, 4.69) is 21.7 Å². The highest BCUT2D eigenvalue weighted by atomic mass is 16.5. The second kappa shape index (κ2) is 9.12. The van der Waals surface area contributed by atoms with Crippen LogP contribution in [0.2, 0.25) is 6.32 Å². The molecule has 12 heavy (non-hydrogen) atoms. The van der Waals surface area contributed by atoms with Crippen LogP contribution in [0.4, 0.5) is 0 Å². The van der Waals surface area contributed by atoms with Gasteiger partial charge in [0.25, 0.3) is 0 Å². The van der Waals surface area contributed by atoms with Crippen LogP contribution in [0.15, 0.2) is 0 Å². The Labute approximate surface area is 78.3 Å². The largest absolute Gasteiger partial charge is 0.379 e. The van der Waals surface area contributed by atoms with Gasteiger partial charge < -0.3 is 4.74 Å². The smallest absolute Gasteiger partial charge is 0.101 e. The molecule has 72 valence electrons. The lowest BCUT2D eigenvalue weighted by Crippen LogP contribution is -2.03. The molecule has 0 atom stereocenters. The number of rotatable bonds is 8. The minimum absolute atomic E-state index is 0.403. The van der Waals surface area contributed by atoms with Gasteiger partial charge in [-0.3, -0.25) is 0 Å². The van der Waals surface area contributed by atoms with Crippen molar-refractivity contribution in [3.05, 3.63) is 0 Å². The van der Waals surface area contributed by atoms with Gasteiger partial charge in [-0.2, -0.15) is 0 Å². The van der Waals surface area contributed by atoms with Crippen LogP contribution in [-0.4, -0.2) is 20.6 Å². The summed E-state index contributed by atoms with van der Waals surface area (Å²) in [4.78, 5) is 0. The molecular weight excluding hydrogens is 147 g/mol. The normalized spacial score (nSPS) is 10.9. The molecule has 0 aromatic rings. The van der Waals surface area contributed by atoms with Crippen LogP contribution in [0.25, 0.3) is 0 Å². The zero-order valence-electron chi connectivity index (χ0n) is 8.94. The first kappa shape index (κ1) is 12.0. The summed E-state index contributed by atoms with van der Waals surface area (Å²) in [6.07, 6.45) is 8.50. The van der Waals surface area contributed by atoms with Gasteiger partial charge in [0.15, 0.2) is 0 Å². The van der Waals surface area contributed by atoms with Crippen molar-refractivity contribution >= 4 is 7.85 Å². The van der Waals surface area contributed by atoms with E-state index in [4.69, 9.17) is 4.74 Å². The molecule has 0 aromatic carbocycles. The summed E-state index contributed by atoms with van der Waals surface area (Å²) in [6, 6.07) is 0. The highest BCUT2D eigenvalue weighted by Crippen LogP contribution is 2.04. The maximum atomic E-state index is 5.45. The molecular formula is C10H23BO. The number of hydrogen-bond acceptors (Lipinski definition) is 1. The lowest BCUT2D eigenvalue weighted by molar-refractivity contribution is 0.0757. The van der Waals surface area contributed by atoms with Crippen molar-refractivity contribution < 1.29 is 4.74 Å². The Kier molecular flexibility index (Phi) is 9.13. The van der Waals surface area contributed by atoms with E-state index in [1.54, 1.807) is 0 Å². The van der Waals surface area contributed by atoms with Crippen molar-refractivity contribution in [1.29, 1.82) is 0 Å². The summed E-state index contributed by atoms with van der Waals surface area (Å²) in [6.45, 7) is 5.14. The van der Waals surface area contributed by atoms with Crippen LogP contribution < -0.4 is 0 Å².